The predicted molar refractivity (Wildman–Crippen MR) is 64.0 cm³/mol. The van der Waals surface area contributed by atoms with E-state index in [4.69, 9.17) is 12.2 Å². The molecule has 0 aliphatic heterocycles. The van der Waals surface area contributed by atoms with E-state index in [1.165, 1.54) is 5.56 Å². The minimum Gasteiger partial charge on any atom is -0.367 e. The number of benzene rings is 1. The molecule has 0 aromatic heterocycles. The number of hydrogen-bond acceptors (Lipinski definition) is 2. The van der Waals surface area contributed by atoms with Crippen LogP contribution in [0, 0.1) is 0 Å². The third kappa shape index (κ3) is 4.29. The van der Waals surface area contributed by atoms with Gasteiger partial charge in [0.15, 0.2) is 0 Å². The first kappa shape index (κ1) is 10.5. The van der Waals surface area contributed by atoms with E-state index >= 15 is 0 Å². The molecule has 70 valence electrons. The van der Waals surface area contributed by atoms with Gasteiger partial charge in [0.25, 0.3) is 0 Å². The lowest BCUT2D eigenvalue weighted by molar-refractivity contribution is 0.940. The summed E-state index contributed by atoms with van der Waals surface area (Å²) in [5, 5.41) is 3.19. The van der Waals surface area contributed by atoms with Crippen LogP contribution >= 0.6 is 24.0 Å². The zero-order valence-electron chi connectivity index (χ0n) is 7.62. The van der Waals surface area contributed by atoms with Crippen molar-refractivity contribution in [3.8, 4) is 0 Å². The number of nitrogens with one attached hydrogen (secondary N) is 1. The Labute approximate surface area is 88.9 Å². The first-order valence-electron chi connectivity index (χ1n) is 4.27. The Morgan fingerprint density at radius 1 is 1.38 bits per heavy atom. The molecule has 0 aliphatic rings. The SMILES string of the molecule is CCSC(=S)NCc1ccccc1. The summed E-state index contributed by atoms with van der Waals surface area (Å²) in [4.78, 5) is 0. The highest BCUT2D eigenvalue weighted by molar-refractivity contribution is 8.22. The second-order valence-corrected chi connectivity index (χ2v) is 4.50. The molecule has 0 spiro atoms. The van der Waals surface area contributed by atoms with Gasteiger partial charge in [0.1, 0.15) is 4.32 Å². The fraction of sp³-hybridized carbons (Fsp3) is 0.300. The van der Waals surface area contributed by atoms with E-state index in [0.29, 0.717) is 0 Å². The summed E-state index contributed by atoms with van der Waals surface area (Å²) in [7, 11) is 0. The average molecular weight is 211 g/mol. The van der Waals surface area contributed by atoms with E-state index in [-0.39, 0.29) is 0 Å². The minimum absolute atomic E-state index is 0.826. The van der Waals surface area contributed by atoms with Crippen molar-refractivity contribution in [3.63, 3.8) is 0 Å². The number of thiocarbonyl (C=S) groups is 1. The average Bonchev–Trinajstić information content (AvgIpc) is 2.17. The Kier molecular flexibility index (Phi) is 4.86. The van der Waals surface area contributed by atoms with Crippen LogP contribution < -0.4 is 5.32 Å². The van der Waals surface area contributed by atoms with E-state index in [0.717, 1.165) is 16.6 Å². The fourth-order valence-electron chi connectivity index (χ4n) is 0.952. The van der Waals surface area contributed by atoms with Gasteiger partial charge in [0, 0.05) is 6.54 Å². The van der Waals surface area contributed by atoms with Crippen LogP contribution in [0.25, 0.3) is 0 Å². The van der Waals surface area contributed by atoms with Crippen molar-refractivity contribution in [2.24, 2.45) is 0 Å². The van der Waals surface area contributed by atoms with Crippen LogP contribution in [0.5, 0.6) is 0 Å². The van der Waals surface area contributed by atoms with Gasteiger partial charge in [-0.15, -0.1) is 0 Å². The molecule has 1 N–H and O–H groups in total. The molecule has 1 rings (SSSR count). The van der Waals surface area contributed by atoms with Crippen LogP contribution in [0.3, 0.4) is 0 Å². The van der Waals surface area contributed by atoms with Gasteiger partial charge in [-0.2, -0.15) is 0 Å². The lowest BCUT2D eigenvalue weighted by Crippen LogP contribution is -2.17. The Morgan fingerprint density at radius 2 is 2.08 bits per heavy atom. The molecule has 0 aliphatic carbocycles. The van der Waals surface area contributed by atoms with Crippen molar-refractivity contribution in [2.75, 3.05) is 5.75 Å². The van der Waals surface area contributed by atoms with Crippen LogP contribution in [-0.4, -0.2) is 10.1 Å². The van der Waals surface area contributed by atoms with Gasteiger partial charge in [-0.25, -0.2) is 0 Å². The number of hydrogen-bond donors (Lipinski definition) is 1. The van der Waals surface area contributed by atoms with E-state index in [1.54, 1.807) is 11.8 Å². The van der Waals surface area contributed by atoms with E-state index in [9.17, 15) is 0 Å². The molecule has 3 heteroatoms. The largest absolute Gasteiger partial charge is 0.367 e. The standard InChI is InChI=1S/C10H13NS2/c1-2-13-10(12)11-8-9-6-4-3-5-7-9/h3-7H,2,8H2,1H3,(H,11,12). The van der Waals surface area contributed by atoms with Gasteiger partial charge in [-0.1, -0.05) is 61.2 Å². The highest BCUT2D eigenvalue weighted by Crippen LogP contribution is 2.02. The van der Waals surface area contributed by atoms with Gasteiger partial charge in [-0.3, -0.25) is 0 Å². The molecule has 0 radical (unpaired) electrons. The van der Waals surface area contributed by atoms with Crippen molar-refractivity contribution < 1.29 is 0 Å². The summed E-state index contributed by atoms with van der Waals surface area (Å²) in [6.45, 7) is 2.92. The van der Waals surface area contributed by atoms with E-state index in [1.807, 2.05) is 18.2 Å². The molecular weight excluding hydrogens is 198 g/mol. The number of thioether (sulfide) groups is 1. The molecule has 0 unspecified atom stereocenters. The van der Waals surface area contributed by atoms with Crippen LogP contribution in [0.1, 0.15) is 12.5 Å². The van der Waals surface area contributed by atoms with Crippen LogP contribution in [0.15, 0.2) is 30.3 Å². The third-order valence-electron chi connectivity index (χ3n) is 1.56. The highest BCUT2D eigenvalue weighted by atomic mass is 32.2. The summed E-state index contributed by atoms with van der Waals surface area (Å²) in [5.74, 6) is 1.03. The smallest absolute Gasteiger partial charge is 0.134 e. The monoisotopic (exact) mass is 211 g/mol. The van der Waals surface area contributed by atoms with Gasteiger partial charge in [-0.05, 0) is 11.3 Å². The van der Waals surface area contributed by atoms with Crippen molar-refractivity contribution in [1.29, 1.82) is 0 Å². The predicted octanol–water partition coefficient (Wildman–Crippen LogP) is 2.81. The molecular formula is C10H13NS2. The van der Waals surface area contributed by atoms with Crippen molar-refractivity contribution in [2.45, 2.75) is 13.5 Å². The van der Waals surface area contributed by atoms with Gasteiger partial charge in [0.05, 0.1) is 0 Å². The highest BCUT2D eigenvalue weighted by Gasteiger charge is 1.94. The number of rotatable bonds is 3. The molecule has 13 heavy (non-hydrogen) atoms. The van der Waals surface area contributed by atoms with Gasteiger partial charge < -0.3 is 5.32 Å². The normalized spacial score (nSPS) is 9.62. The molecule has 0 bridgehead atoms. The minimum atomic E-state index is 0.826. The van der Waals surface area contributed by atoms with Gasteiger partial charge in [0.2, 0.25) is 0 Å². The lowest BCUT2D eigenvalue weighted by Gasteiger charge is -2.05. The summed E-state index contributed by atoms with van der Waals surface area (Å²) in [5.41, 5.74) is 1.27. The Hall–Kier alpha value is -0.540. The quantitative estimate of drug-likeness (QED) is 0.772. The molecule has 0 saturated carbocycles. The topological polar surface area (TPSA) is 12.0 Å². The summed E-state index contributed by atoms with van der Waals surface area (Å²) < 4.78 is 0.881. The molecule has 0 fully saturated rings. The Bertz CT molecular complexity index is 259. The Morgan fingerprint density at radius 3 is 2.69 bits per heavy atom. The van der Waals surface area contributed by atoms with Crippen LogP contribution in [0.4, 0.5) is 0 Å². The summed E-state index contributed by atoms with van der Waals surface area (Å²) >= 11 is 6.78. The van der Waals surface area contributed by atoms with Crippen LogP contribution in [0.2, 0.25) is 0 Å². The fourth-order valence-corrected chi connectivity index (χ4v) is 1.81. The molecule has 0 heterocycles. The summed E-state index contributed by atoms with van der Waals surface area (Å²) in [6.07, 6.45) is 0. The third-order valence-corrected chi connectivity index (χ3v) is 2.75. The summed E-state index contributed by atoms with van der Waals surface area (Å²) in [6, 6.07) is 10.3. The molecule has 1 aromatic carbocycles. The maximum atomic E-state index is 5.10. The maximum Gasteiger partial charge on any atom is 0.134 e. The zero-order valence-corrected chi connectivity index (χ0v) is 9.25. The maximum absolute atomic E-state index is 5.10. The van der Waals surface area contributed by atoms with Gasteiger partial charge >= 0.3 is 0 Å². The molecule has 0 amide bonds. The molecule has 1 nitrogen and oxygen atoms in total. The van der Waals surface area contributed by atoms with Crippen LogP contribution in [-0.2, 0) is 6.54 Å². The van der Waals surface area contributed by atoms with E-state index < -0.39 is 0 Å². The second-order valence-electron chi connectivity index (χ2n) is 2.56. The molecule has 0 saturated heterocycles. The van der Waals surface area contributed by atoms with Crippen molar-refractivity contribution >= 4 is 28.3 Å². The second kappa shape index (κ2) is 6.00. The first-order valence-corrected chi connectivity index (χ1v) is 5.67. The Balaban J connectivity index is 2.31. The first-order chi connectivity index (χ1) is 6.33. The molecule has 1 aromatic rings. The molecule has 0 atom stereocenters. The lowest BCUT2D eigenvalue weighted by atomic mass is 10.2. The van der Waals surface area contributed by atoms with Crippen molar-refractivity contribution in [3.05, 3.63) is 35.9 Å². The zero-order chi connectivity index (χ0) is 9.52. The van der Waals surface area contributed by atoms with E-state index in [2.05, 4.69) is 24.4 Å². The van der Waals surface area contributed by atoms with Crippen molar-refractivity contribution in [1.82, 2.24) is 5.32 Å².